The lowest BCUT2D eigenvalue weighted by Gasteiger charge is -2.11. The number of hydrogen-bond acceptors (Lipinski definition) is 6. The van der Waals surface area contributed by atoms with E-state index in [1.165, 1.54) is 0 Å². The zero-order chi connectivity index (χ0) is 25.8. The molecule has 8 heteroatoms. The molecule has 0 aliphatic carbocycles. The van der Waals surface area contributed by atoms with Crippen LogP contribution in [0, 0.1) is 6.92 Å². The van der Waals surface area contributed by atoms with Gasteiger partial charge in [0.25, 0.3) is 0 Å². The Bertz CT molecular complexity index is 1450. The monoisotopic (exact) mass is 484 g/mol. The number of aryl methyl sites for hydroxylation is 1. The van der Waals surface area contributed by atoms with Gasteiger partial charge >= 0.3 is 5.97 Å². The summed E-state index contributed by atoms with van der Waals surface area (Å²) in [5, 5.41) is 17.8. The van der Waals surface area contributed by atoms with Crippen LogP contribution in [0.2, 0.25) is 0 Å². The summed E-state index contributed by atoms with van der Waals surface area (Å²) in [5.41, 5.74) is 3.97. The predicted octanol–water partition coefficient (Wildman–Crippen LogP) is 5.51. The van der Waals surface area contributed by atoms with E-state index in [1.807, 2.05) is 55.7 Å². The third kappa shape index (κ3) is 4.79. The van der Waals surface area contributed by atoms with Crippen molar-refractivity contribution in [1.82, 2.24) is 19.7 Å². The molecule has 8 nitrogen and oxygen atoms in total. The summed E-state index contributed by atoms with van der Waals surface area (Å²) in [5.74, 6) is -0.605. The number of benzene rings is 2. The van der Waals surface area contributed by atoms with E-state index in [9.17, 15) is 19.5 Å². The normalized spacial score (nSPS) is 11.1. The maximum Gasteiger partial charge on any atom is 0.336 e. The van der Waals surface area contributed by atoms with Gasteiger partial charge in [-0.05, 0) is 42.5 Å². The zero-order valence-electron chi connectivity index (χ0n) is 20.6. The average molecular weight is 485 g/mol. The van der Waals surface area contributed by atoms with Crippen LogP contribution in [-0.2, 0) is 6.54 Å². The van der Waals surface area contributed by atoms with Gasteiger partial charge in [0.15, 0.2) is 23.0 Å². The third-order valence-corrected chi connectivity index (χ3v) is 6.10. The second-order valence-electron chi connectivity index (χ2n) is 8.73. The minimum absolute atomic E-state index is 0.133. The second-order valence-corrected chi connectivity index (χ2v) is 8.73. The van der Waals surface area contributed by atoms with Gasteiger partial charge in [-0.25, -0.2) is 9.78 Å². The van der Waals surface area contributed by atoms with Crippen molar-refractivity contribution < 1.29 is 19.5 Å². The van der Waals surface area contributed by atoms with E-state index in [1.54, 1.807) is 18.2 Å². The number of imidazole rings is 1. The lowest BCUT2D eigenvalue weighted by atomic mass is 9.98. The van der Waals surface area contributed by atoms with E-state index in [2.05, 4.69) is 15.2 Å². The van der Waals surface area contributed by atoms with E-state index in [0.29, 0.717) is 54.6 Å². The molecular formula is C28H28N4O4. The SMILES string of the molecule is CCCC(=O)c1nnc(C(=O)CCC)c2c1nc(C)n2Cc1ccc(-c2ccccc2C(=O)O)cc1. The molecule has 36 heavy (non-hydrogen) atoms. The number of carbonyl (C=O) groups excluding carboxylic acids is 2. The number of carboxylic acid groups (broad SMARTS) is 1. The fourth-order valence-electron chi connectivity index (χ4n) is 4.32. The Kier molecular flexibility index (Phi) is 7.33. The summed E-state index contributed by atoms with van der Waals surface area (Å²) in [6.45, 7) is 6.08. The highest BCUT2D eigenvalue weighted by atomic mass is 16.4. The molecule has 2 aromatic carbocycles. The first-order valence-electron chi connectivity index (χ1n) is 12.1. The van der Waals surface area contributed by atoms with E-state index in [4.69, 9.17) is 0 Å². The maximum absolute atomic E-state index is 12.9. The first-order chi connectivity index (χ1) is 17.3. The van der Waals surface area contributed by atoms with E-state index >= 15 is 0 Å². The molecule has 0 radical (unpaired) electrons. The highest BCUT2D eigenvalue weighted by Crippen LogP contribution is 2.27. The molecule has 0 amide bonds. The highest BCUT2D eigenvalue weighted by molar-refractivity contribution is 6.10. The van der Waals surface area contributed by atoms with Crippen molar-refractivity contribution in [1.29, 1.82) is 0 Å². The molecule has 0 aliphatic heterocycles. The Morgan fingerprint density at radius 1 is 0.861 bits per heavy atom. The third-order valence-electron chi connectivity index (χ3n) is 6.10. The van der Waals surface area contributed by atoms with Crippen molar-refractivity contribution in [3.05, 3.63) is 76.9 Å². The number of rotatable bonds is 10. The van der Waals surface area contributed by atoms with Crippen molar-refractivity contribution in [3.63, 3.8) is 0 Å². The molecule has 184 valence electrons. The van der Waals surface area contributed by atoms with Crippen LogP contribution in [0.4, 0.5) is 0 Å². The molecule has 0 aliphatic rings. The molecule has 2 aromatic heterocycles. The van der Waals surface area contributed by atoms with Crippen LogP contribution in [0.1, 0.15) is 82.3 Å². The van der Waals surface area contributed by atoms with Gasteiger partial charge in [0, 0.05) is 19.4 Å². The summed E-state index contributed by atoms with van der Waals surface area (Å²) in [6, 6.07) is 14.5. The van der Waals surface area contributed by atoms with Crippen molar-refractivity contribution in [3.8, 4) is 11.1 Å². The van der Waals surface area contributed by atoms with Crippen LogP contribution in [0.3, 0.4) is 0 Å². The number of hydrogen-bond donors (Lipinski definition) is 1. The topological polar surface area (TPSA) is 115 Å². The first kappa shape index (κ1) is 24.9. The fourth-order valence-corrected chi connectivity index (χ4v) is 4.32. The molecule has 0 saturated heterocycles. The van der Waals surface area contributed by atoms with Gasteiger partial charge in [-0.2, -0.15) is 0 Å². The summed E-state index contributed by atoms with van der Waals surface area (Å²) < 4.78 is 1.90. The molecule has 4 rings (SSSR count). The molecule has 2 heterocycles. The molecule has 0 bridgehead atoms. The van der Waals surface area contributed by atoms with Crippen molar-refractivity contribution in [2.75, 3.05) is 0 Å². The molecule has 0 fully saturated rings. The van der Waals surface area contributed by atoms with Gasteiger partial charge < -0.3 is 9.67 Å². The Morgan fingerprint density at radius 2 is 1.47 bits per heavy atom. The Labute approximate surface area is 209 Å². The van der Waals surface area contributed by atoms with Gasteiger partial charge in [0.05, 0.1) is 5.56 Å². The van der Waals surface area contributed by atoms with E-state index in [0.717, 1.165) is 11.1 Å². The number of carbonyl (C=O) groups is 3. The predicted molar refractivity (Wildman–Crippen MR) is 136 cm³/mol. The molecular weight excluding hydrogens is 456 g/mol. The molecule has 0 unspecified atom stereocenters. The first-order valence-corrected chi connectivity index (χ1v) is 12.1. The molecule has 0 atom stereocenters. The summed E-state index contributed by atoms with van der Waals surface area (Å²) in [6.07, 6.45) is 2.01. The largest absolute Gasteiger partial charge is 0.478 e. The van der Waals surface area contributed by atoms with Crippen LogP contribution in [-0.4, -0.2) is 42.4 Å². The molecule has 0 saturated carbocycles. The number of aromatic nitrogens is 4. The van der Waals surface area contributed by atoms with E-state index in [-0.39, 0.29) is 28.5 Å². The van der Waals surface area contributed by atoms with Crippen LogP contribution in [0.25, 0.3) is 22.2 Å². The quantitative estimate of drug-likeness (QED) is 0.295. The zero-order valence-corrected chi connectivity index (χ0v) is 20.6. The van der Waals surface area contributed by atoms with Crippen LogP contribution < -0.4 is 0 Å². The van der Waals surface area contributed by atoms with Gasteiger partial charge in [-0.1, -0.05) is 56.3 Å². The summed E-state index contributed by atoms with van der Waals surface area (Å²) in [4.78, 5) is 41.9. The van der Waals surface area contributed by atoms with Crippen molar-refractivity contribution in [2.24, 2.45) is 0 Å². The maximum atomic E-state index is 12.9. The fraction of sp³-hybridized carbons (Fsp3) is 0.286. The van der Waals surface area contributed by atoms with Crippen LogP contribution >= 0.6 is 0 Å². The minimum atomic E-state index is -0.978. The number of carboxylic acids is 1. The Morgan fingerprint density at radius 3 is 2.11 bits per heavy atom. The van der Waals surface area contributed by atoms with Crippen LogP contribution in [0.5, 0.6) is 0 Å². The number of aromatic carboxylic acids is 1. The van der Waals surface area contributed by atoms with Gasteiger partial charge in [-0.3, -0.25) is 9.59 Å². The van der Waals surface area contributed by atoms with Gasteiger partial charge in [-0.15, -0.1) is 10.2 Å². The van der Waals surface area contributed by atoms with E-state index < -0.39 is 5.97 Å². The molecule has 4 aromatic rings. The highest BCUT2D eigenvalue weighted by Gasteiger charge is 2.24. The summed E-state index contributed by atoms with van der Waals surface area (Å²) >= 11 is 0. The van der Waals surface area contributed by atoms with Crippen molar-refractivity contribution >= 4 is 28.6 Å². The van der Waals surface area contributed by atoms with Gasteiger partial charge in [0.1, 0.15) is 16.9 Å². The lowest BCUT2D eigenvalue weighted by molar-refractivity contribution is 0.0697. The van der Waals surface area contributed by atoms with Crippen molar-refractivity contribution in [2.45, 2.75) is 53.0 Å². The molecule has 1 N–H and O–H groups in total. The average Bonchev–Trinajstić information content (AvgIpc) is 3.19. The molecule has 0 spiro atoms. The Hall–Kier alpha value is -4.20. The number of fused-ring (bicyclic) bond motifs is 1. The summed E-state index contributed by atoms with van der Waals surface area (Å²) in [7, 11) is 0. The number of ketones is 2. The smallest absolute Gasteiger partial charge is 0.336 e. The second kappa shape index (κ2) is 10.6. The standard InChI is InChI=1S/C28H28N4O4/c1-4-8-22(33)24-26-27(25(31-30-24)23(34)9-5-2)32(17(3)29-26)16-18-12-14-19(15-13-18)20-10-6-7-11-21(20)28(35)36/h6-7,10-15H,4-5,8-9,16H2,1-3H3,(H,35,36). The van der Waals surface area contributed by atoms with Crippen LogP contribution in [0.15, 0.2) is 48.5 Å². The Balaban J connectivity index is 1.77. The minimum Gasteiger partial charge on any atom is -0.478 e. The van der Waals surface area contributed by atoms with Gasteiger partial charge in [0.2, 0.25) is 0 Å². The number of Topliss-reactive ketones (excluding diaryl/α,β-unsaturated/α-hetero) is 2. The number of nitrogens with zero attached hydrogens (tertiary/aromatic N) is 4. The lowest BCUT2D eigenvalue weighted by Crippen LogP contribution is -2.13.